The van der Waals surface area contributed by atoms with Crippen LogP contribution in [-0.2, 0) is 9.31 Å². The summed E-state index contributed by atoms with van der Waals surface area (Å²) in [5.41, 5.74) is 16.8. The predicted molar refractivity (Wildman–Crippen MR) is 430 cm³/mol. The summed E-state index contributed by atoms with van der Waals surface area (Å²) in [7, 11) is -0.370. The molecular weight excluding hydrogens is 1280 g/mol. The summed E-state index contributed by atoms with van der Waals surface area (Å²) in [4.78, 5) is 28.3. The van der Waals surface area contributed by atoms with Gasteiger partial charge in [0, 0.05) is 92.0 Å². The van der Waals surface area contributed by atoms with Gasteiger partial charge in [0.05, 0.1) is 50.0 Å². The van der Waals surface area contributed by atoms with Gasteiger partial charge in [0.1, 0.15) is 0 Å². The minimum absolute atomic E-state index is 0. The average Bonchev–Trinajstić information content (AvgIpc) is 1.41. The van der Waals surface area contributed by atoms with Crippen molar-refractivity contribution in [1.82, 2.24) is 36.1 Å². The number of fused-ring (bicyclic) bond motifs is 10. The molecule has 1 aliphatic heterocycles. The van der Waals surface area contributed by atoms with Crippen LogP contribution in [0.3, 0.4) is 0 Å². The fourth-order valence-electron chi connectivity index (χ4n) is 13.9. The highest BCUT2D eigenvalue weighted by Gasteiger charge is 2.51. The second-order valence-corrected chi connectivity index (χ2v) is 27.4. The van der Waals surface area contributed by atoms with Crippen LogP contribution in [0.5, 0.6) is 0 Å². The van der Waals surface area contributed by atoms with Gasteiger partial charge in [-0.05, 0) is 194 Å². The standard InChI is InChI=1S/C43H27N3.C33H20ClN.C16H19BN2O2.H3N/c1-3-10-30-22-32(17-15-28(30)8-1)38-24-40-39(34-19-20-41(45-27-34)35-12-7-21-44-26-35)25-42(46-43(40)37-14-6-5-13-36(37)38)33-18-16-29-9-2-4-11-31(29)23-33;34-31-20-32(26-16-14-22-8-2-4-10-24(22)18-26)35-33-28-12-6-5-11-27(28)29(19-30(31)33)25-15-13-21-7-1-3-9-23(21)17-25;1-15(2)16(3,4)21-17(20-15)13-7-8-14(19-11-13)12-6-5-9-18-10-12;/h1-27H;1-20H;5-11H,1-4H3;1H3. The molecule has 0 spiro atoms. The molecule has 9 nitrogen and oxygen atoms in total. The average molecular weight is 1350 g/mol. The lowest BCUT2D eigenvalue weighted by Gasteiger charge is -2.32. The molecule has 0 saturated carbocycles. The molecule has 103 heavy (non-hydrogen) atoms. The number of pyridine rings is 6. The first-order chi connectivity index (χ1) is 49.9. The maximum absolute atomic E-state index is 6.95. The summed E-state index contributed by atoms with van der Waals surface area (Å²) in [6.07, 6.45) is 11.0. The van der Waals surface area contributed by atoms with Gasteiger partial charge < -0.3 is 15.5 Å². The fraction of sp³-hybridized carbons (Fsp3) is 0.0652. The first kappa shape index (κ1) is 65.5. The molecule has 6 aromatic heterocycles. The van der Waals surface area contributed by atoms with Crippen LogP contribution in [0.4, 0.5) is 0 Å². The van der Waals surface area contributed by atoms with Crippen molar-refractivity contribution in [3.05, 3.63) is 333 Å². The maximum Gasteiger partial charge on any atom is 0.496 e. The molecule has 7 heterocycles. The molecule has 19 rings (SSSR count). The Morgan fingerprint density at radius 3 is 1.11 bits per heavy atom. The zero-order valence-electron chi connectivity index (χ0n) is 57.3. The van der Waals surface area contributed by atoms with Gasteiger partial charge in [-0.3, -0.25) is 19.9 Å². The lowest BCUT2D eigenvalue weighted by atomic mass is 9.80. The van der Waals surface area contributed by atoms with Crippen molar-refractivity contribution in [2.24, 2.45) is 0 Å². The van der Waals surface area contributed by atoms with Gasteiger partial charge in [0.15, 0.2) is 0 Å². The first-order valence-corrected chi connectivity index (χ1v) is 34.7. The lowest BCUT2D eigenvalue weighted by Crippen LogP contribution is -2.41. The van der Waals surface area contributed by atoms with Crippen LogP contribution in [0.1, 0.15) is 27.7 Å². The summed E-state index contributed by atoms with van der Waals surface area (Å²) in [6, 6.07) is 102. The summed E-state index contributed by atoms with van der Waals surface area (Å²) < 4.78 is 12.0. The van der Waals surface area contributed by atoms with Gasteiger partial charge in [-0.2, -0.15) is 0 Å². The Hall–Kier alpha value is -12.1. The molecule has 0 aliphatic carbocycles. The van der Waals surface area contributed by atoms with Crippen LogP contribution < -0.4 is 11.6 Å². The first-order valence-electron chi connectivity index (χ1n) is 34.4. The lowest BCUT2D eigenvalue weighted by molar-refractivity contribution is 0.00578. The largest absolute Gasteiger partial charge is 0.496 e. The van der Waals surface area contributed by atoms with Crippen molar-refractivity contribution in [2.75, 3.05) is 0 Å². The Morgan fingerprint density at radius 2 is 0.670 bits per heavy atom. The second-order valence-electron chi connectivity index (χ2n) is 27.0. The molecule has 12 aromatic carbocycles. The summed E-state index contributed by atoms with van der Waals surface area (Å²) >= 11 is 6.95. The van der Waals surface area contributed by atoms with Crippen LogP contribution in [-0.4, -0.2) is 48.2 Å². The zero-order valence-corrected chi connectivity index (χ0v) is 58.1. The van der Waals surface area contributed by atoms with Crippen molar-refractivity contribution >= 4 is 111 Å². The van der Waals surface area contributed by atoms with Crippen LogP contribution in [0.15, 0.2) is 328 Å². The smallest absolute Gasteiger partial charge is 0.399 e. The molecule has 0 amide bonds. The van der Waals surface area contributed by atoms with Crippen LogP contribution >= 0.6 is 11.6 Å². The van der Waals surface area contributed by atoms with E-state index in [2.05, 4.69) is 264 Å². The number of nitrogens with zero attached hydrogens (tertiary/aromatic N) is 6. The van der Waals surface area contributed by atoms with Gasteiger partial charge in [-0.1, -0.05) is 218 Å². The van der Waals surface area contributed by atoms with Crippen molar-refractivity contribution in [2.45, 2.75) is 38.9 Å². The van der Waals surface area contributed by atoms with Gasteiger partial charge >= 0.3 is 7.12 Å². The van der Waals surface area contributed by atoms with Crippen molar-refractivity contribution in [1.29, 1.82) is 0 Å². The van der Waals surface area contributed by atoms with E-state index in [0.29, 0.717) is 5.02 Å². The van der Waals surface area contributed by atoms with Gasteiger partial charge in [-0.15, -0.1) is 0 Å². The number of rotatable bonds is 8. The number of halogens is 1. The number of aromatic nitrogens is 6. The van der Waals surface area contributed by atoms with Crippen LogP contribution in [0.2, 0.25) is 5.02 Å². The number of benzene rings is 12. The van der Waals surface area contributed by atoms with E-state index in [1.165, 1.54) is 76.1 Å². The molecule has 0 atom stereocenters. The SMILES string of the molecule is CC1(C)OB(c2ccc(-c3cccnc3)nc2)OC1(C)C.Clc1cc(-c2ccc3ccccc3c2)nc2c1cc(-c1ccc3ccccc3c1)c1ccccc12.N.c1cncc(-c2ccc(-c3cc(-c4ccc5ccccc5c4)nc4c3cc(-c3ccc5ccccc5c3)c3ccccc34)cn2)c1. The van der Waals surface area contributed by atoms with Gasteiger partial charge in [0.25, 0.3) is 0 Å². The molecule has 18 aromatic rings. The van der Waals surface area contributed by atoms with Crippen molar-refractivity contribution in [3.8, 4) is 78.4 Å². The van der Waals surface area contributed by atoms with Crippen molar-refractivity contribution in [3.63, 3.8) is 0 Å². The maximum atomic E-state index is 6.95. The van der Waals surface area contributed by atoms with E-state index >= 15 is 0 Å². The molecule has 0 bridgehead atoms. The van der Waals surface area contributed by atoms with E-state index in [1.807, 2.05) is 88.8 Å². The molecular formula is C92H69BClN7O2. The molecule has 0 unspecified atom stereocenters. The molecule has 11 heteroatoms. The highest BCUT2D eigenvalue weighted by Crippen LogP contribution is 2.44. The van der Waals surface area contributed by atoms with E-state index in [-0.39, 0.29) is 24.5 Å². The molecule has 494 valence electrons. The normalized spacial score (nSPS) is 13.1. The molecule has 1 aliphatic rings. The quantitative estimate of drug-likeness (QED) is 0.117. The zero-order chi connectivity index (χ0) is 68.9. The monoisotopic (exact) mass is 1350 g/mol. The highest BCUT2D eigenvalue weighted by atomic mass is 35.5. The molecule has 1 fully saturated rings. The van der Waals surface area contributed by atoms with Crippen LogP contribution in [0.25, 0.3) is 165 Å². The Morgan fingerprint density at radius 1 is 0.291 bits per heavy atom. The highest BCUT2D eigenvalue weighted by molar-refractivity contribution is 6.62. The third-order valence-electron chi connectivity index (χ3n) is 20.1. The Bertz CT molecular complexity index is 6220. The van der Waals surface area contributed by atoms with Gasteiger partial charge in [-0.25, -0.2) is 9.97 Å². The topological polar surface area (TPSA) is 131 Å². The van der Waals surface area contributed by atoms with Crippen molar-refractivity contribution < 1.29 is 9.31 Å². The number of hydrogen-bond acceptors (Lipinski definition) is 9. The Kier molecular flexibility index (Phi) is 17.4. The van der Waals surface area contributed by atoms with Crippen LogP contribution in [0, 0.1) is 0 Å². The van der Waals surface area contributed by atoms with E-state index in [0.717, 1.165) is 94.2 Å². The summed E-state index contributed by atoms with van der Waals surface area (Å²) in [6.45, 7) is 8.18. The fourth-order valence-corrected chi connectivity index (χ4v) is 14.2. The van der Waals surface area contributed by atoms with E-state index in [1.54, 1.807) is 18.6 Å². The van der Waals surface area contributed by atoms with E-state index in [9.17, 15) is 0 Å². The number of hydrogen-bond donors (Lipinski definition) is 1. The molecule has 0 radical (unpaired) electrons. The molecule has 1 saturated heterocycles. The Balaban J connectivity index is 0.000000127. The minimum Gasteiger partial charge on any atom is -0.399 e. The third kappa shape index (κ3) is 12.8. The summed E-state index contributed by atoms with van der Waals surface area (Å²) in [5.74, 6) is 0. The second kappa shape index (κ2) is 27.4. The van der Waals surface area contributed by atoms with E-state index in [4.69, 9.17) is 35.9 Å². The minimum atomic E-state index is -0.370. The third-order valence-corrected chi connectivity index (χ3v) is 20.4. The Labute approximate surface area is 602 Å². The van der Waals surface area contributed by atoms with E-state index < -0.39 is 0 Å². The molecule has 3 N–H and O–H groups in total. The van der Waals surface area contributed by atoms with Gasteiger partial charge in [0.2, 0.25) is 0 Å². The predicted octanol–water partition coefficient (Wildman–Crippen LogP) is 23.4. The summed E-state index contributed by atoms with van der Waals surface area (Å²) in [5, 5.41) is 17.1.